The molecular weight excluding hydrogens is 236 g/mol. The van der Waals surface area contributed by atoms with E-state index in [0.29, 0.717) is 0 Å². The van der Waals surface area contributed by atoms with Crippen LogP contribution in [0, 0.1) is 0 Å². The van der Waals surface area contributed by atoms with Gasteiger partial charge in [0.25, 0.3) is 0 Å². The molecule has 2 aromatic rings. The van der Waals surface area contributed by atoms with Crippen LogP contribution in [0.1, 0.15) is 13.3 Å². The van der Waals surface area contributed by atoms with Gasteiger partial charge in [0.05, 0.1) is 13.1 Å². The zero-order chi connectivity index (χ0) is 13.2. The van der Waals surface area contributed by atoms with Gasteiger partial charge >= 0.3 is 0 Å². The predicted molar refractivity (Wildman–Crippen MR) is 80.6 cm³/mol. The summed E-state index contributed by atoms with van der Waals surface area (Å²) in [5.74, 6) is 0. The molecule has 0 N–H and O–H groups in total. The maximum absolute atomic E-state index is 2.45. The minimum absolute atomic E-state index is 0.900. The van der Waals surface area contributed by atoms with Gasteiger partial charge in [-0.2, -0.15) is 0 Å². The van der Waals surface area contributed by atoms with E-state index < -0.39 is 8.07 Å². The fraction of sp³-hybridized carbons (Fsp3) is 0.533. The molecule has 2 rings (SSSR count). The van der Waals surface area contributed by atoms with Crippen molar-refractivity contribution >= 4 is 19.1 Å². The lowest BCUT2D eigenvalue weighted by molar-refractivity contribution is -0.672. The molecule has 0 aliphatic rings. The second-order valence-electron chi connectivity index (χ2n) is 6.25. The van der Waals surface area contributed by atoms with Gasteiger partial charge in [0.15, 0.2) is 11.0 Å². The molecular formula is C15H25N2Si+. The third-order valence-corrected chi connectivity index (χ3v) is 5.30. The van der Waals surface area contributed by atoms with Crippen LogP contribution in [0.25, 0.3) is 11.0 Å². The molecule has 0 atom stereocenters. The van der Waals surface area contributed by atoms with Crippen LogP contribution in [0.15, 0.2) is 30.6 Å². The number of aryl methyl sites for hydroxylation is 2. The van der Waals surface area contributed by atoms with Crippen molar-refractivity contribution in [2.45, 2.75) is 52.1 Å². The molecule has 0 spiro atoms. The summed E-state index contributed by atoms with van der Waals surface area (Å²) in [6.07, 6.45) is 3.58. The topological polar surface area (TPSA) is 8.81 Å². The van der Waals surface area contributed by atoms with Gasteiger partial charge in [-0.15, -0.1) is 0 Å². The second kappa shape index (κ2) is 5.27. The molecule has 0 radical (unpaired) electrons. The first kappa shape index (κ1) is 13.3. The highest BCUT2D eigenvalue weighted by atomic mass is 28.3. The van der Waals surface area contributed by atoms with Crippen LogP contribution in [0.5, 0.6) is 0 Å². The molecule has 3 heteroatoms. The smallest absolute Gasteiger partial charge is 0.230 e. The Balaban J connectivity index is 2.18. The van der Waals surface area contributed by atoms with E-state index >= 15 is 0 Å². The van der Waals surface area contributed by atoms with Gasteiger partial charge in [0.2, 0.25) is 6.33 Å². The van der Waals surface area contributed by atoms with Crippen molar-refractivity contribution in [2.75, 3.05) is 0 Å². The van der Waals surface area contributed by atoms with Crippen LogP contribution in [0.3, 0.4) is 0 Å². The zero-order valence-corrected chi connectivity index (χ0v) is 13.1. The number of benzene rings is 1. The summed E-state index contributed by atoms with van der Waals surface area (Å²) < 4.78 is 4.75. The quantitative estimate of drug-likeness (QED) is 0.573. The lowest BCUT2D eigenvalue weighted by atomic mass is 10.3. The minimum Gasteiger partial charge on any atom is -0.230 e. The van der Waals surface area contributed by atoms with Crippen LogP contribution in [-0.4, -0.2) is 12.6 Å². The number of rotatable bonds is 5. The van der Waals surface area contributed by atoms with Crippen molar-refractivity contribution in [3.63, 3.8) is 0 Å². The molecule has 0 unspecified atom stereocenters. The molecule has 2 nitrogen and oxygen atoms in total. The zero-order valence-electron chi connectivity index (χ0n) is 12.1. The molecule has 1 aromatic heterocycles. The van der Waals surface area contributed by atoms with E-state index in [1.54, 1.807) is 0 Å². The number of fused-ring (bicyclic) bond motifs is 1. The number of para-hydroxylation sites is 2. The normalized spacial score (nSPS) is 12.2. The van der Waals surface area contributed by atoms with E-state index in [1.165, 1.54) is 23.5 Å². The molecule has 0 aliphatic carbocycles. The molecule has 18 heavy (non-hydrogen) atoms. The highest BCUT2D eigenvalue weighted by Gasteiger charge is 2.16. The Labute approximate surface area is 111 Å². The number of hydrogen-bond donors (Lipinski definition) is 0. The first-order valence-electron chi connectivity index (χ1n) is 6.98. The Bertz CT molecular complexity index is 523. The fourth-order valence-electron chi connectivity index (χ4n) is 2.45. The van der Waals surface area contributed by atoms with Crippen molar-refractivity contribution in [1.82, 2.24) is 4.57 Å². The van der Waals surface area contributed by atoms with E-state index in [2.05, 4.69) is 66.3 Å². The number of aromatic nitrogens is 2. The van der Waals surface area contributed by atoms with Gasteiger partial charge in [-0.25, -0.2) is 9.13 Å². The maximum Gasteiger partial charge on any atom is 0.244 e. The van der Waals surface area contributed by atoms with Crippen molar-refractivity contribution in [3.8, 4) is 0 Å². The van der Waals surface area contributed by atoms with Crippen molar-refractivity contribution in [2.24, 2.45) is 0 Å². The minimum atomic E-state index is -0.900. The molecule has 0 bridgehead atoms. The predicted octanol–water partition coefficient (Wildman–Crippen LogP) is 3.68. The average Bonchev–Trinajstić information content (AvgIpc) is 2.66. The summed E-state index contributed by atoms with van der Waals surface area (Å²) in [5, 5.41) is 0. The summed E-state index contributed by atoms with van der Waals surface area (Å²) in [6.45, 7) is 11.8. The Morgan fingerprint density at radius 1 is 1.17 bits per heavy atom. The third kappa shape index (κ3) is 3.02. The summed E-state index contributed by atoms with van der Waals surface area (Å²) in [4.78, 5) is 0. The summed E-state index contributed by atoms with van der Waals surface area (Å²) >= 11 is 0. The SMILES string of the molecule is CCn1c[n+](CCC[Si](C)(C)C)c2ccccc21. The van der Waals surface area contributed by atoms with Crippen LogP contribution in [-0.2, 0) is 13.1 Å². The summed E-state index contributed by atoms with van der Waals surface area (Å²) in [7, 11) is -0.900. The molecule has 0 fully saturated rings. The van der Waals surface area contributed by atoms with E-state index in [-0.39, 0.29) is 0 Å². The number of nitrogens with zero attached hydrogens (tertiary/aromatic N) is 2. The van der Waals surface area contributed by atoms with E-state index in [4.69, 9.17) is 0 Å². The van der Waals surface area contributed by atoms with Gasteiger partial charge in [0.1, 0.15) is 0 Å². The average molecular weight is 261 g/mol. The molecule has 0 saturated carbocycles. The lowest BCUT2D eigenvalue weighted by Gasteiger charge is -2.14. The second-order valence-corrected chi connectivity index (χ2v) is 11.9. The van der Waals surface area contributed by atoms with Crippen molar-refractivity contribution < 1.29 is 4.57 Å². The third-order valence-electron chi connectivity index (χ3n) is 3.45. The van der Waals surface area contributed by atoms with Gasteiger partial charge in [-0.1, -0.05) is 37.8 Å². The van der Waals surface area contributed by atoms with Gasteiger partial charge in [-0.3, -0.25) is 0 Å². The number of imidazole rings is 1. The molecule has 0 amide bonds. The standard InChI is InChI=1S/C15H25N2Si/c1-5-16-13-17(11-8-12-18(2,3)4)15-10-7-6-9-14(15)16/h6-7,9-10,13H,5,8,11-12H2,1-4H3/q+1. The molecule has 1 aromatic carbocycles. The van der Waals surface area contributed by atoms with Crippen LogP contribution in [0.4, 0.5) is 0 Å². The van der Waals surface area contributed by atoms with Crippen molar-refractivity contribution in [1.29, 1.82) is 0 Å². The molecule has 0 aliphatic heterocycles. The first-order valence-corrected chi connectivity index (χ1v) is 10.7. The van der Waals surface area contributed by atoms with Crippen LogP contribution in [0.2, 0.25) is 25.7 Å². The summed E-state index contributed by atoms with van der Waals surface area (Å²) in [5.41, 5.74) is 2.72. The van der Waals surface area contributed by atoms with E-state index in [0.717, 1.165) is 13.1 Å². The largest absolute Gasteiger partial charge is 0.244 e. The van der Waals surface area contributed by atoms with Crippen LogP contribution >= 0.6 is 0 Å². The lowest BCUT2D eigenvalue weighted by Crippen LogP contribution is -2.33. The van der Waals surface area contributed by atoms with Gasteiger partial charge < -0.3 is 0 Å². The van der Waals surface area contributed by atoms with Crippen molar-refractivity contribution in [3.05, 3.63) is 30.6 Å². The monoisotopic (exact) mass is 261 g/mol. The van der Waals surface area contributed by atoms with E-state index in [1.807, 2.05) is 0 Å². The Kier molecular flexibility index (Phi) is 3.90. The molecule has 98 valence electrons. The van der Waals surface area contributed by atoms with Gasteiger partial charge in [-0.05, 0) is 25.5 Å². The molecule has 1 heterocycles. The Hall–Kier alpha value is -1.09. The van der Waals surface area contributed by atoms with E-state index in [9.17, 15) is 0 Å². The Morgan fingerprint density at radius 2 is 1.89 bits per heavy atom. The fourth-order valence-corrected chi connectivity index (χ4v) is 3.67. The van der Waals surface area contributed by atoms with Crippen LogP contribution < -0.4 is 4.57 Å². The Morgan fingerprint density at radius 3 is 2.56 bits per heavy atom. The summed E-state index contributed by atoms with van der Waals surface area (Å²) in [6, 6.07) is 10.1. The maximum atomic E-state index is 2.45. The van der Waals surface area contributed by atoms with Gasteiger partial charge in [0, 0.05) is 8.07 Å². The molecule has 0 saturated heterocycles. The number of hydrogen-bond acceptors (Lipinski definition) is 0. The highest BCUT2D eigenvalue weighted by Crippen LogP contribution is 2.13. The first-order chi connectivity index (χ1) is 8.51. The highest BCUT2D eigenvalue weighted by molar-refractivity contribution is 6.76.